The molecule has 0 fully saturated rings. The first-order chi connectivity index (χ1) is 12.1. The van der Waals surface area contributed by atoms with Crippen LogP contribution in [0.25, 0.3) is 0 Å². The summed E-state index contributed by atoms with van der Waals surface area (Å²) in [6.45, 7) is 8.39. The van der Waals surface area contributed by atoms with E-state index < -0.39 is 5.91 Å². The second kappa shape index (κ2) is 7.81. The normalized spacial score (nSPS) is 10.9. The SMILES string of the molecule is CC(=O)Nc1ccc(Nc2nc(NCC(C)(C)C)ncc2C(N)=O)cc1. The summed E-state index contributed by atoms with van der Waals surface area (Å²) in [5.41, 5.74) is 7.03. The Bertz CT molecular complexity index is 796. The minimum Gasteiger partial charge on any atom is -0.365 e. The molecule has 2 rings (SSSR count). The number of nitrogens with zero attached hydrogens (tertiary/aromatic N) is 2. The Hall–Kier alpha value is -3.16. The third-order valence-corrected chi connectivity index (χ3v) is 3.30. The molecule has 0 saturated heterocycles. The zero-order valence-electron chi connectivity index (χ0n) is 15.4. The molecule has 0 spiro atoms. The molecule has 2 amide bonds. The van der Waals surface area contributed by atoms with Gasteiger partial charge in [0.15, 0.2) is 0 Å². The predicted molar refractivity (Wildman–Crippen MR) is 103 cm³/mol. The van der Waals surface area contributed by atoms with Gasteiger partial charge in [0.1, 0.15) is 11.4 Å². The van der Waals surface area contributed by atoms with Crippen molar-refractivity contribution in [1.82, 2.24) is 9.97 Å². The lowest BCUT2D eigenvalue weighted by Gasteiger charge is -2.19. The molecular weight excluding hydrogens is 332 g/mol. The fourth-order valence-corrected chi connectivity index (χ4v) is 2.06. The number of amides is 2. The summed E-state index contributed by atoms with van der Waals surface area (Å²) in [6, 6.07) is 7.02. The molecule has 0 saturated carbocycles. The Labute approximate surface area is 152 Å². The molecule has 0 radical (unpaired) electrons. The largest absolute Gasteiger partial charge is 0.365 e. The lowest BCUT2D eigenvalue weighted by Crippen LogP contribution is -2.21. The molecule has 26 heavy (non-hydrogen) atoms. The summed E-state index contributed by atoms with van der Waals surface area (Å²) >= 11 is 0. The third kappa shape index (κ3) is 5.73. The number of primary amides is 1. The van der Waals surface area contributed by atoms with Crippen molar-refractivity contribution in [3.8, 4) is 0 Å². The zero-order chi connectivity index (χ0) is 19.3. The number of benzene rings is 1. The molecule has 0 aliphatic carbocycles. The first-order valence-electron chi connectivity index (χ1n) is 8.19. The lowest BCUT2D eigenvalue weighted by atomic mass is 9.97. The van der Waals surface area contributed by atoms with Crippen LogP contribution >= 0.6 is 0 Å². The molecule has 1 aromatic heterocycles. The van der Waals surface area contributed by atoms with Gasteiger partial charge in [-0.15, -0.1) is 0 Å². The van der Waals surface area contributed by atoms with Crippen molar-refractivity contribution >= 4 is 35.0 Å². The van der Waals surface area contributed by atoms with E-state index in [9.17, 15) is 9.59 Å². The van der Waals surface area contributed by atoms with Crippen LogP contribution in [0.4, 0.5) is 23.1 Å². The van der Waals surface area contributed by atoms with E-state index in [4.69, 9.17) is 5.73 Å². The van der Waals surface area contributed by atoms with Gasteiger partial charge >= 0.3 is 0 Å². The van der Waals surface area contributed by atoms with Crippen molar-refractivity contribution in [3.05, 3.63) is 36.0 Å². The number of hydrogen-bond donors (Lipinski definition) is 4. The van der Waals surface area contributed by atoms with Crippen LogP contribution < -0.4 is 21.7 Å². The van der Waals surface area contributed by atoms with Crippen molar-refractivity contribution in [3.63, 3.8) is 0 Å². The highest BCUT2D eigenvalue weighted by Gasteiger charge is 2.15. The van der Waals surface area contributed by atoms with Gasteiger partial charge < -0.3 is 21.7 Å². The van der Waals surface area contributed by atoms with Crippen molar-refractivity contribution < 1.29 is 9.59 Å². The summed E-state index contributed by atoms with van der Waals surface area (Å²) in [7, 11) is 0. The Morgan fingerprint density at radius 1 is 1.12 bits per heavy atom. The lowest BCUT2D eigenvalue weighted by molar-refractivity contribution is -0.114. The molecule has 1 aromatic carbocycles. The minimum atomic E-state index is -0.621. The Balaban J connectivity index is 2.22. The molecule has 8 heteroatoms. The van der Waals surface area contributed by atoms with Crippen LogP contribution in [0.3, 0.4) is 0 Å². The highest BCUT2D eigenvalue weighted by atomic mass is 16.1. The first kappa shape index (κ1) is 19.2. The Morgan fingerprint density at radius 3 is 2.27 bits per heavy atom. The van der Waals surface area contributed by atoms with E-state index in [1.54, 1.807) is 24.3 Å². The maximum atomic E-state index is 11.7. The molecule has 2 aromatic rings. The van der Waals surface area contributed by atoms with Gasteiger partial charge in [0.25, 0.3) is 5.91 Å². The maximum Gasteiger partial charge on any atom is 0.254 e. The number of aromatic nitrogens is 2. The molecular formula is C18H24N6O2. The van der Waals surface area contributed by atoms with E-state index in [-0.39, 0.29) is 16.9 Å². The van der Waals surface area contributed by atoms with Crippen LogP contribution in [0, 0.1) is 5.41 Å². The summed E-state index contributed by atoms with van der Waals surface area (Å²) in [6.07, 6.45) is 1.40. The monoisotopic (exact) mass is 356 g/mol. The summed E-state index contributed by atoms with van der Waals surface area (Å²) < 4.78 is 0. The summed E-state index contributed by atoms with van der Waals surface area (Å²) in [5, 5.41) is 8.90. The van der Waals surface area contributed by atoms with Crippen molar-refractivity contribution in [2.45, 2.75) is 27.7 Å². The highest BCUT2D eigenvalue weighted by molar-refractivity contribution is 5.98. The topological polar surface area (TPSA) is 122 Å². The fraction of sp³-hybridized carbons (Fsp3) is 0.333. The van der Waals surface area contributed by atoms with Gasteiger partial charge in [-0.2, -0.15) is 4.98 Å². The molecule has 0 aliphatic rings. The van der Waals surface area contributed by atoms with E-state index in [0.29, 0.717) is 29.7 Å². The molecule has 1 heterocycles. The standard InChI is InChI=1S/C18H24N6O2/c1-11(25)22-12-5-7-13(8-6-12)23-16-14(15(19)26)9-20-17(24-16)21-10-18(2,3)4/h5-9H,10H2,1-4H3,(H2,19,26)(H,22,25)(H2,20,21,23,24). The fourth-order valence-electron chi connectivity index (χ4n) is 2.06. The second-order valence-electron chi connectivity index (χ2n) is 7.12. The van der Waals surface area contributed by atoms with E-state index >= 15 is 0 Å². The van der Waals surface area contributed by atoms with Crippen LogP contribution in [0.2, 0.25) is 0 Å². The number of carbonyl (C=O) groups is 2. The number of hydrogen-bond acceptors (Lipinski definition) is 6. The van der Waals surface area contributed by atoms with E-state index in [2.05, 4.69) is 46.7 Å². The van der Waals surface area contributed by atoms with Gasteiger partial charge in [0.05, 0.1) is 0 Å². The zero-order valence-corrected chi connectivity index (χ0v) is 15.4. The van der Waals surface area contributed by atoms with E-state index in [1.165, 1.54) is 13.1 Å². The number of carbonyl (C=O) groups excluding carboxylic acids is 2. The van der Waals surface area contributed by atoms with Gasteiger partial charge in [0, 0.05) is 31.0 Å². The molecule has 0 aliphatic heterocycles. The van der Waals surface area contributed by atoms with Gasteiger partial charge in [-0.25, -0.2) is 4.98 Å². The number of anilines is 4. The summed E-state index contributed by atoms with van der Waals surface area (Å²) in [4.78, 5) is 31.2. The smallest absolute Gasteiger partial charge is 0.254 e. The Morgan fingerprint density at radius 2 is 1.73 bits per heavy atom. The van der Waals surface area contributed by atoms with Crippen LogP contribution in [0.15, 0.2) is 30.5 Å². The third-order valence-electron chi connectivity index (χ3n) is 3.30. The molecule has 0 bridgehead atoms. The average molecular weight is 356 g/mol. The van der Waals surface area contributed by atoms with Crippen LogP contribution in [-0.4, -0.2) is 28.3 Å². The van der Waals surface area contributed by atoms with Gasteiger partial charge in [-0.3, -0.25) is 9.59 Å². The van der Waals surface area contributed by atoms with Gasteiger partial charge in [-0.05, 0) is 29.7 Å². The maximum absolute atomic E-state index is 11.7. The molecule has 0 unspecified atom stereocenters. The minimum absolute atomic E-state index is 0.0544. The highest BCUT2D eigenvalue weighted by Crippen LogP contribution is 2.22. The molecule has 138 valence electrons. The van der Waals surface area contributed by atoms with Crippen LogP contribution in [-0.2, 0) is 4.79 Å². The van der Waals surface area contributed by atoms with E-state index in [1.807, 2.05) is 0 Å². The van der Waals surface area contributed by atoms with Crippen molar-refractivity contribution in [2.24, 2.45) is 11.1 Å². The Kier molecular flexibility index (Phi) is 5.76. The quantitative estimate of drug-likeness (QED) is 0.631. The molecule has 0 atom stereocenters. The van der Waals surface area contributed by atoms with Gasteiger partial charge in [0.2, 0.25) is 11.9 Å². The average Bonchev–Trinajstić information content (AvgIpc) is 2.53. The van der Waals surface area contributed by atoms with Crippen LogP contribution in [0.1, 0.15) is 38.1 Å². The van der Waals surface area contributed by atoms with Crippen molar-refractivity contribution in [2.75, 3.05) is 22.5 Å². The molecule has 5 N–H and O–H groups in total. The molecule has 8 nitrogen and oxygen atoms in total. The van der Waals surface area contributed by atoms with Gasteiger partial charge in [-0.1, -0.05) is 20.8 Å². The first-order valence-corrected chi connectivity index (χ1v) is 8.19. The van der Waals surface area contributed by atoms with E-state index in [0.717, 1.165) is 0 Å². The number of nitrogens with two attached hydrogens (primary N) is 1. The number of nitrogens with one attached hydrogen (secondary N) is 3. The van der Waals surface area contributed by atoms with Crippen LogP contribution in [0.5, 0.6) is 0 Å². The summed E-state index contributed by atoms with van der Waals surface area (Å²) in [5.74, 6) is -0.0460. The number of rotatable bonds is 6. The van der Waals surface area contributed by atoms with Crippen molar-refractivity contribution in [1.29, 1.82) is 0 Å². The second-order valence-corrected chi connectivity index (χ2v) is 7.12. The predicted octanol–water partition coefficient (Wildman–Crippen LogP) is 2.74.